The highest BCUT2D eigenvalue weighted by Gasteiger charge is 2.41. The molecule has 0 aromatic heterocycles. The van der Waals surface area contributed by atoms with E-state index in [1.807, 2.05) is 6.92 Å². The van der Waals surface area contributed by atoms with Crippen LogP contribution in [0.3, 0.4) is 0 Å². The maximum Gasteiger partial charge on any atom is 0.249 e. The van der Waals surface area contributed by atoms with Gasteiger partial charge in [-0.2, -0.15) is 4.31 Å². The van der Waals surface area contributed by atoms with Gasteiger partial charge in [0, 0.05) is 13.0 Å². The van der Waals surface area contributed by atoms with Crippen LogP contribution in [0, 0.1) is 6.92 Å². The predicted octanol–water partition coefficient (Wildman–Crippen LogP) is 0.0695. The summed E-state index contributed by atoms with van der Waals surface area (Å²) in [6.07, 6.45) is 1.32. The zero-order chi connectivity index (χ0) is 18.9. The third-order valence-electron chi connectivity index (χ3n) is 4.69. The Balaban J connectivity index is 1.75. The van der Waals surface area contributed by atoms with Gasteiger partial charge in [-0.25, -0.2) is 8.42 Å². The molecule has 2 fully saturated rings. The molecule has 1 aromatic carbocycles. The van der Waals surface area contributed by atoms with Crippen LogP contribution in [0.25, 0.3) is 0 Å². The normalized spacial score (nSPS) is 24.3. The van der Waals surface area contributed by atoms with E-state index in [-0.39, 0.29) is 30.2 Å². The van der Waals surface area contributed by atoms with Gasteiger partial charge in [0.1, 0.15) is 12.1 Å². The highest BCUT2D eigenvalue weighted by atomic mass is 32.2. The van der Waals surface area contributed by atoms with Crippen molar-refractivity contribution >= 4 is 27.7 Å². The minimum absolute atomic E-state index is 0.142. The molecule has 3 rings (SSSR count). The van der Waals surface area contributed by atoms with E-state index in [9.17, 15) is 22.8 Å². The molecule has 9 heteroatoms. The van der Waals surface area contributed by atoms with Gasteiger partial charge in [-0.15, -0.1) is 0 Å². The molecule has 2 N–H and O–H groups in total. The topological polar surface area (TPSA) is 113 Å². The van der Waals surface area contributed by atoms with Crippen molar-refractivity contribution in [1.82, 2.24) is 14.9 Å². The number of rotatable bonds is 4. The fourth-order valence-corrected chi connectivity index (χ4v) is 4.89. The Morgan fingerprint density at radius 3 is 2.54 bits per heavy atom. The molecule has 2 aliphatic heterocycles. The largest absolute Gasteiger partial charge is 0.343 e. The number of carbonyl (C=O) groups is 3. The fourth-order valence-electron chi connectivity index (χ4n) is 3.23. The van der Waals surface area contributed by atoms with E-state index in [2.05, 4.69) is 10.6 Å². The van der Waals surface area contributed by atoms with Crippen LogP contribution in [-0.4, -0.2) is 49.1 Å². The molecule has 26 heavy (non-hydrogen) atoms. The van der Waals surface area contributed by atoms with Gasteiger partial charge in [0.25, 0.3) is 0 Å². The van der Waals surface area contributed by atoms with Crippen molar-refractivity contribution in [2.45, 2.75) is 49.6 Å². The van der Waals surface area contributed by atoms with Crippen molar-refractivity contribution in [2.75, 3.05) is 6.54 Å². The second-order valence-electron chi connectivity index (χ2n) is 6.60. The van der Waals surface area contributed by atoms with Gasteiger partial charge < -0.3 is 5.32 Å². The van der Waals surface area contributed by atoms with Crippen LogP contribution in [0.2, 0.25) is 0 Å². The first-order valence-electron chi connectivity index (χ1n) is 8.51. The van der Waals surface area contributed by atoms with E-state index in [0.29, 0.717) is 12.8 Å². The summed E-state index contributed by atoms with van der Waals surface area (Å²) < 4.78 is 27.0. The first kappa shape index (κ1) is 18.5. The van der Waals surface area contributed by atoms with Crippen LogP contribution in [0.4, 0.5) is 0 Å². The first-order chi connectivity index (χ1) is 12.3. The Kier molecular flexibility index (Phi) is 5.10. The smallest absolute Gasteiger partial charge is 0.249 e. The maximum atomic E-state index is 12.9. The predicted molar refractivity (Wildman–Crippen MR) is 92.4 cm³/mol. The second-order valence-corrected chi connectivity index (χ2v) is 8.49. The number of aryl methyl sites for hydroxylation is 1. The highest BCUT2D eigenvalue weighted by Crippen LogP contribution is 2.26. The van der Waals surface area contributed by atoms with Gasteiger partial charge in [-0.1, -0.05) is 17.7 Å². The molecular weight excluding hydrogens is 358 g/mol. The number of carbonyl (C=O) groups excluding carboxylic acids is 3. The molecule has 2 heterocycles. The van der Waals surface area contributed by atoms with Crippen molar-refractivity contribution < 1.29 is 22.8 Å². The number of piperidine rings is 1. The van der Waals surface area contributed by atoms with Crippen molar-refractivity contribution in [3.63, 3.8) is 0 Å². The Hall–Kier alpha value is -2.26. The van der Waals surface area contributed by atoms with E-state index in [0.717, 1.165) is 5.56 Å². The average Bonchev–Trinajstić information content (AvgIpc) is 3.08. The van der Waals surface area contributed by atoms with Crippen molar-refractivity contribution in [2.24, 2.45) is 0 Å². The van der Waals surface area contributed by atoms with Crippen molar-refractivity contribution in [1.29, 1.82) is 0 Å². The van der Waals surface area contributed by atoms with E-state index in [1.165, 1.54) is 16.4 Å². The first-order valence-corrected chi connectivity index (χ1v) is 9.95. The van der Waals surface area contributed by atoms with Gasteiger partial charge in [-0.05, 0) is 38.3 Å². The zero-order valence-corrected chi connectivity index (χ0v) is 15.2. The van der Waals surface area contributed by atoms with Gasteiger partial charge in [0.15, 0.2) is 0 Å². The third kappa shape index (κ3) is 3.63. The van der Waals surface area contributed by atoms with Crippen LogP contribution in [0.15, 0.2) is 29.2 Å². The minimum atomic E-state index is -3.79. The Bertz CT molecular complexity index is 834. The lowest BCUT2D eigenvalue weighted by Gasteiger charge is -2.27. The van der Waals surface area contributed by atoms with Gasteiger partial charge in [0.05, 0.1) is 4.90 Å². The Morgan fingerprint density at radius 1 is 1.19 bits per heavy atom. The number of sulfonamides is 1. The number of hydrogen-bond donors (Lipinski definition) is 2. The molecule has 2 saturated heterocycles. The molecule has 0 saturated carbocycles. The lowest BCUT2D eigenvalue weighted by atomic mass is 10.1. The summed E-state index contributed by atoms with van der Waals surface area (Å²) in [4.78, 5) is 35.7. The molecule has 3 amide bonds. The standard InChI is InChI=1S/C17H21N3O5S/c1-11-4-6-12(7-5-11)26(24,25)20-10-2-3-14(20)17(23)18-13-8-9-15(21)19-16(13)22/h4-7,13-14H,2-3,8-10H2,1H3,(H,18,23)(H,19,21,22)/t13?,14-/m0/s1. The monoisotopic (exact) mass is 379 g/mol. The average molecular weight is 379 g/mol. The summed E-state index contributed by atoms with van der Waals surface area (Å²) in [6, 6.07) is 4.80. The highest BCUT2D eigenvalue weighted by molar-refractivity contribution is 7.89. The quantitative estimate of drug-likeness (QED) is 0.719. The number of benzene rings is 1. The fraction of sp³-hybridized carbons (Fsp3) is 0.471. The SMILES string of the molecule is Cc1ccc(S(=O)(=O)N2CCC[C@H]2C(=O)NC2CCC(=O)NC2=O)cc1. The van der Waals surface area contributed by atoms with Crippen LogP contribution in [0.5, 0.6) is 0 Å². The summed E-state index contributed by atoms with van der Waals surface area (Å²) in [5, 5.41) is 4.76. The van der Waals surface area contributed by atoms with Crippen molar-refractivity contribution in [3.05, 3.63) is 29.8 Å². The second kappa shape index (κ2) is 7.16. The molecule has 8 nitrogen and oxygen atoms in total. The lowest BCUT2D eigenvalue weighted by molar-refractivity contribution is -0.137. The van der Waals surface area contributed by atoms with Gasteiger partial charge in [0.2, 0.25) is 27.7 Å². The van der Waals surface area contributed by atoms with Crippen LogP contribution in [0.1, 0.15) is 31.2 Å². The van der Waals surface area contributed by atoms with Crippen molar-refractivity contribution in [3.8, 4) is 0 Å². The van der Waals surface area contributed by atoms with E-state index in [4.69, 9.17) is 0 Å². The van der Waals surface area contributed by atoms with E-state index in [1.54, 1.807) is 12.1 Å². The molecule has 0 spiro atoms. The Labute approximate surface area is 152 Å². The summed E-state index contributed by atoms with van der Waals surface area (Å²) in [6.45, 7) is 2.12. The van der Waals surface area contributed by atoms with Crippen LogP contribution >= 0.6 is 0 Å². The molecule has 0 aliphatic carbocycles. The maximum absolute atomic E-state index is 12.9. The molecule has 1 aromatic rings. The molecule has 2 aliphatic rings. The zero-order valence-electron chi connectivity index (χ0n) is 14.4. The number of nitrogens with zero attached hydrogens (tertiary/aromatic N) is 1. The summed E-state index contributed by atoms with van der Waals surface area (Å²) in [7, 11) is -3.79. The minimum Gasteiger partial charge on any atom is -0.343 e. The van der Waals surface area contributed by atoms with E-state index >= 15 is 0 Å². The number of imide groups is 1. The summed E-state index contributed by atoms with van der Waals surface area (Å²) in [5.74, 6) is -1.43. The molecule has 0 radical (unpaired) electrons. The van der Waals surface area contributed by atoms with Gasteiger partial charge in [-0.3, -0.25) is 19.7 Å². The van der Waals surface area contributed by atoms with E-state index < -0.39 is 33.9 Å². The summed E-state index contributed by atoms with van der Waals surface area (Å²) in [5.41, 5.74) is 0.942. The summed E-state index contributed by atoms with van der Waals surface area (Å²) >= 11 is 0. The lowest BCUT2D eigenvalue weighted by Crippen LogP contribution is -2.56. The molecular formula is C17H21N3O5S. The molecule has 2 atom stereocenters. The number of amides is 3. The third-order valence-corrected chi connectivity index (χ3v) is 6.61. The molecule has 1 unspecified atom stereocenters. The molecule has 0 bridgehead atoms. The van der Waals surface area contributed by atoms with Crippen LogP contribution < -0.4 is 10.6 Å². The van der Waals surface area contributed by atoms with Gasteiger partial charge >= 0.3 is 0 Å². The van der Waals surface area contributed by atoms with Crippen LogP contribution in [-0.2, 0) is 24.4 Å². The number of hydrogen-bond acceptors (Lipinski definition) is 5. The Morgan fingerprint density at radius 2 is 1.88 bits per heavy atom. The number of nitrogens with one attached hydrogen (secondary N) is 2. The molecule has 140 valence electrons.